The predicted molar refractivity (Wildman–Crippen MR) is 148 cm³/mol. The monoisotopic (exact) mass is 535 g/mol. The lowest BCUT2D eigenvalue weighted by molar-refractivity contribution is -0.115. The molecule has 0 atom stereocenters. The second-order valence-corrected chi connectivity index (χ2v) is 9.84. The van der Waals surface area contributed by atoms with Crippen LogP contribution in [0.25, 0.3) is 22.6 Å². The Morgan fingerprint density at radius 3 is 2.76 bits per heavy atom. The van der Waals surface area contributed by atoms with Crippen LogP contribution in [0.3, 0.4) is 0 Å². The van der Waals surface area contributed by atoms with Gasteiger partial charge in [-0.05, 0) is 47.7 Å². The fourth-order valence-corrected chi connectivity index (χ4v) is 4.80. The highest BCUT2D eigenvalue weighted by molar-refractivity contribution is 7.98. The van der Waals surface area contributed by atoms with Crippen molar-refractivity contribution in [2.75, 3.05) is 48.4 Å². The minimum atomic E-state index is -0.163. The molecular formula is C26H26ClN7O2S. The lowest BCUT2D eigenvalue weighted by atomic mass is 10.0. The van der Waals surface area contributed by atoms with Crippen LogP contribution in [0.2, 0.25) is 5.02 Å². The van der Waals surface area contributed by atoms with Crippen LogP contribution in [-0.2, 0) is 11.2 Å². The van der Waals surface area contributed by atoms with E-state index < -0.39 is 0 Å². The summed E-state index contributed by atoms with van der Waals surface area (Å²) in [4.78, 5) is 20.2. The number of nitrogens with zero attached hydrogens (tertiary/aromatic N) is 4. The van der Waals surface area contributed by atoms with Crippen LogP contribution in [0.1, 0.15) is 5.56 Å². The highest BCUT2D eigenvalue weighted by Gasteiger charge is 2.19. The van der Waals surface area contributed by atoms with Crippen molar-refractivity contribution in [3.8, 4) is 22.6 Å². The maximum absolute atomic E-state index is 12.8. The van der Waals surface area contributed by atoms with Gasteiger partial charge in [0.25, 0.3) is 5.89 Å². The topological polar surface area (TPSA) is 122 Å². The number of benzene rings is 2. The van der Waals surface area contributed by atoms with Crippen LogP contribution in [-0.4, -0.2) is 53.5 Å². The lowest BCUT2D eigenvalue weighted by Crippen LogP contribution is -2.43. The number of piperazine rings is 1. The molecule has 0 radical (unpaired) electrons. The van der Waals surface area contributed by atoms with Crippen molar-refractivity contribution in [2.24, 2.45) is 0 Å². The number of aromatic nitrogens is 3. The highest BCUT2D eigenvalue weighted by atomic mass is 35.5. The molecule has 2 aromatic heterocycles. The van der Waals surface area contributed by atoms with Gasteiger partial charge >= 0.3 is 6.01 Å². The number of carbonyl (C=O) groups is 1. The molecule has 1 saturated heterocycles. The summed E-state index contributed by atoms with van der Waals surface area (Å²) in [5.41, 5.74) is 9.89. The van der Waals surface area contributed by atoms with E-state index in [-0.39, 0.29) is 12.3 Å². The Labute approximate surface area is 223 Å². The summed E-state index contributed by atoms with van der Waals surface area (Å²) >= 11 is 7.79. The quantitative estimate of drug-likeness (QED) is 0.296. The number of rotatable bonds is 7. The molecular weight excluding hydrogens is 510 g/mol. The Bertz CT molecular complexity index is 1420. The molecule has 0 saturated carbocycles. The number of thioether (sulfide) groups is 1. The van der Waals surface area contributed by atoms with Crippen molar-refractivity contribution in [3.63, 3.8) is 0 Å². The number of hydrogen-bond donors (Lipinski definition) is 3. The molecule has 190 valence electrons. The van der Waals surface area contributed by atoms with Gasteiger partial charge in [-0.2, -0.15) is 0 Å². The first-order valence-electron chi connectivity index (χ1n) is 11.8. The molecule has 3 heterocycles. The molecule has 4 aromatic rings. The average Bonchev–Trinajstić information content (AvgIpc) is 3.41. The van der Waals surface area contributed by atoms with E-state index in [0.29, 0.717) is 39.6 Å². The van der Waals surface area contributed by atoms with Crippen LogP contribution < -0.4 is 21.3 Å². The van der Waals surface area contributed by atoms with E-state index >= 15 is 0 Å². The van der Waals surface area contributed by atoms with E-state index in [0.717, 1.165) is 42.2 Å². The molecule has 1 aliphatic heterocycles. The third-order valence-electron chi connectivity index (χ3n) is 6.01. The summed E-state index contributed by atoms with van der Waals surface area (Å²) < 4.78 is 5.95. The van der Waals surface area contributed by atoms with Crippen molar-refractivity contribution in [1.29, 1.82) is 0 Å². The molecule has 0 spiro atoms. The average molecular weight is 536 g/mol. The molecule has 5 rings (SSSR count). The summed E-state index contributed by atoms with van der Waals surface area (Å²) in [6.07, 6.45) is 3.77. The highest BCUT2D eigenvalue weighted by Crippen LogP contribution is 2.34. The number of nitrogens with two attached hydrogens (primary N) is 1. The number of pyridine rings is 1. The van der Waals surface area contributed by atoms with Crippen molar-refractivity contribution in [3.05, 3.63) is 65.3 Å². The third-order valence-corrected chi connectivity index (χ3v) is 7.09. The van der Waals surface area contributed by atoms with E-state index in [1.165, 1.54) is 0 Å². The minimum Gasteiger partial charge on any atom is -0.403 e. The maximum atomic E-state index is 12.8. The zero-order valence-electron chi connectivity index (χ0n) is 20.2. The first-order valence-corrected chi connectivity index (χ1v) is 13.4. The van der Waals surface area contributed by atoms with E-state index in [4.69, 9.17) is 21.8 Å². The van der Waals surface area contributed by atoms with Gasteiger partial charge in [0, 0.05) is 53.5 Å². The van der Waals surface area contributed by atoms with E-state index in [1.54, 1.807) is 24.0 Å². The maximum Gasteiger partial charge on any atom is 0.318 e. The Hall–Kier alpha value is -3.60. The largest absolute Gasteiger partial charge is 0.403 e. The fraction of sp³-hybridized carbons (Fsp3) is 0.231. The molecule has 0 unspecified atom stereocenters. The van der Waals surface area contributed by atoms with Crippen LogP contribution in [0.5, 0.6) is 0 Å². The van der Waals surface area contributed by atoms with E-state index in [9.17, 15) is 4.79 Å². The lowest BCUT2D eigenvalue weighted by Gasteiger charge is -2.24. The minimum absolute atomic E-state index is 0.163. The number of halogens is 1. The fourth-order valence-electron chi connectivity index (χ4n) is 4.10. The van der Waals surface area contributed by atoms with Crippen molar-refractivity contribution < 1.29 is 9.21 Å². The smallest absolute Gasteiger partial charge is 0.318 e. The Morgan fingerprint density at radius 1 is 1.16 bits per heavy atom. The van der Waals surface area contributed by atoms with Gasteiger partial charge in [-0.1, -0.05) is 34.9 Å². The zero-order chi connectivity index (χ0) is 25.8. The second-order valence-electron chi connectivity index (χ2n) is 8.55. The predicted octanol–water partition coefficient (Wildman–Crippen LogP) is 4.35. The molecule has 2 aromatic carbocycles. The Balaban J connectivity index is 1.41. The molecule has 4 N–H and O–H groups in total. The number of nitrogens with one attached hydrogen (secondary N) is 2. The molecule has 0 aliphatic carbocycles. The van der Waals surface area contributed by atoms with Gasteiger partial charge in [-0.3, -0.25) is 4.79 Å². The van der Waals surface area contributed by atoms with Gasteiger partial charge in [0.2, 0.25) is 5.91 Å². The van der Waals surface area contributed by atoms with Crippen molar-refractivity contribution in [2.45, 2.75) is 11.3 Å². The summed E-state index contributed by atoms with van der Waals surface area (Å²) in [7, 11) is 0. The molecule has 1 amide bonds. The van der Waals surface area contributed by atoms with Crippen LogP contribution >= 0.6 is 23.4 Å². The van der Waals surface area contributed by atoms with Crippen molar-refractivity contribution in [1.82, 2.24) is 20.5 Å². The van der Waals surface area contributed by atoms with E-state index in [2.05, 4.69) is 30.7 Å². The number of amides is 1. The molecule has 1 fully saturated rings. The zero-order valence-corrected chi connectivity index (χ0v) is 21.8. The summed E-state index contributed by atoms with van der Waals surface area (Å²) in [5, 5.41) is 15.3. The van der Waals surface area contributed by atoms with Gasteiger partial charge in [0.1, 0.15) is 5.82 Å². The van der Waals surface area contributed by atoms with Gasteiger partial charge in [-0.15, -0.1) is 16.9 Å². The van der Waals surface area contributed by atoms with Crippen LogP contribution in [0.4, 0.5) is 17.5 Å². The molecule has 0 bridgehead atoms. The molecule has 11 heteroatoms. The second kappa shape index (κ2) is 11.2. The number of carbonyl (C=O) groups excluding carboxylic acids is 1. The Morgan fingerprint density at radius 2 is 1.97 bits per heavy atom. The molecule has 9 nitrogen and oxygen atoms in total. The number of anilines is 3. The first-order chi connectivity index (χ1) is 18.0. The SMILES string of the molecule is CSc1cc(NC(=O)Cc2ccccc2Cl)cc(-c2cc(-c3nnc(N4CCNCC4)o3)cnc2N)c1. The van der Waals surface area contributed by atoms with Gasteiger partial charge in [-0.25, -0.2) is 4.98 Å². The number of nitrogen functional groups attached to an aromatic ring is 1. The molecule has 37 heavy (non-hydrogen) atoms. The van der Waals surface area contributed by atoms with Crippen LogP contribution in [0, 0.1) is 0 Å². The standard InChI is InChI=1S/C26H26ClN7O2S/c1-37-20-11-17(10-19(14-20)31-23(35)13-16-4-2-3-5-22(16)27)21-12-18(15-30-24(21)28)25-32-33-26(36-25)34-8-6-29-7-9-34/h2-5,10-12,14-15,29H,6-9,13H2,1H3,(H2,28,30)(H,31,35). The first kappa shape index (κ1) is 25.1. The van der Waals surface area contributed by atoms with Crippen LogP contribution in [0.15, 0.2) is 64.0 Å². The van der Waals surface area contributed by atoms with Gasteiger partial charge in [0.15, 0.2) is 0 Å². The summed E-state index contributed by atoms with van der Waals surface area (Å²) in [6.45, 7) is 3.35. The number of hydrogen-bond acceptors (Lipinski definition) is 9. The van der Waals surface area contributed by atoms with E-state index in [1.807, 2.05) is 48.7 Å². The Kier molecular flexibility index (Phi) is 7.59. The third kappa shape index (κ3) is 5.87. The summed E-state index contributed by atoms with van der Waals surface area (Å²) in [5.74, 6) is 0.567. The van der Waals surface area contributed by atoms with Gasteiger partial charge < -0.3 is 25.7 Å². The van der Waals surface area contributed by atoms with Crippen molar-refractivity contribution >= 4 is 46.8 Å². The normalized spacial score (nSPS) is 13.5. The molecule has 1 aliphatic rings. The summed E-state index contributed by atoms with van der Waals surface area (Å²) in [6, 6.07) is 15.5. The van der Waals surface area contributed by atoms with Gasteiger partial charge in [0.05, 0.1) is 12.0 Å².